The van der Waals surface area contributed by atoms with Crippen LogP contribution in [0.4, 0.5) is 0 Å². The predicted molar refractivity (Wildman–Crippen MR) is 204 cm³/mol. The third kappa shape index (κ3) is 4.67. The van der Waals surface area contributed by atoms with E-state index in [4.69, 9.17) is 4.99 Å². The molecule has 2 aliphatic carbocycles. The molecule has 2 atom stereocenters. The van der Waals surface area contributed by atoms with Gasteiger partial charge < -0.3 is 9.88 Å². The lowest BCUT2D eigenvalue weighted by Gasteiger charge is -2.31. The summed E-state index contributed by atoms with van der Waals surface area (Å²) in [5.41, 5.74) is 10.2. The first kappa shape index (κ1) is 28.3. The van der Waals surface area contributed by atoms with E-state index in [1.165, 1.54) is 71.3 Å². The second-order valence-electron chi connectivity index (χ2n) is 13.6. The molecule has 1 aromatic heterocycles. The van der Waals surface area contributed by atoms with Crippen LogP contribution in [0.5, 0.6) is 0 Å². The van der Waals surface area contributed by atoms with Gasteiger partial charge in [-0.15, -0.1) is 0 Å². The number of nitrogens with zero attached hydrogens (tertiary/aromatic N) is 2. The van der Waals surface area contributed by atoms with Crippen LogP contribution in [0, 0.1) is 0 Å². The SMILES string of the molecule is C1=CCCC(C2NC(c3ccccc3)=NC(c3cc(-n4c5ccc6c(c5c5c7ccccc7ccc54)C=CCC6)c4ccccc4c3)[NH2+]2)=C1. The molecule has 3 N–H and O–H groups in total. The molecule has 0 fully saturated rings. The van der Waals surface area contributed by atoms with Crippen molar-refractivity contribution in [2.24, 2.45) is 4.99 Å². The first-order chi connectivity index (χ1) is 24.3. The number of rotatable bonds is 4. The van der Waals surface area contributed by atoms with Gasteiger partial charge in [-0.1, -0.05) is 121 Å². The van der Waals surface area contributed by atoms with Crippen LogP contribution < -0.4 is 10.6 Å². The molecule has 0 spiro atoms. The van der Waals surface area contributed by atoms with Crippen molar-refractivity contribution in [1.29, 1.82) is 0 Å². The molecule has 1 aliphatic heterocycles. The highest BCUT2D eigenvalue weighted by molar-refractivity contribution is 6.24. The molecule has 3 aliphatic rings. The maximum atomic E-state index is 5.41. The van der Waals surface area contributed by atoms with E-state index in [9.17, 15) is 0 Å². The fourth-order valence-electron chi connectivity index (χ4n) is 8.35. The minimum atomic E-state index is -0.110. The van der Waals surface area contributed by atoms with Gasteiger partial charge in [-0.3, -0.25) is 5.32 Å². The van der Waals surface area contributed by atoms with E-state index in [-0.39, 0.29) is 12.3 Å². The Labute approximate surface area is 285 Å². The summed E-state index contributed by atoms with van der Waals surface area (Å²) in [6.07, 6.45) is 15.7. The minimum absolute atomic E-state index is 0.107. The van der Waals surface area contributed by atoms with E-state index in [1.807, 2.05) is 0 Å². The number of amidine groups is 1. The quantitative estimate of drug-likeness (QED) is 0.199. The molecule has 0 bridgehead atoms. The fourth-order valence-corrected chi connectivity index (χ4v) is 8.35. The zero-order valence-electron chi connectivity index (χ0n) is 27.3. The van der Waals surface area contributed by atoms with Crippen LogP contribution in [-0.2, 0) is 6.42 Å². The smallest absolute Gasteiger partial charge is 0.209 e. The Morgan fingerprint density at radius 1 is 0.694 bits per heavy atom. The molecule has 0 radical (unpaired) electrons. The third-order valence-electron chi connectivity index (χ3n) is 10.7. The maximum absolute atomic E-state index is 5.41. The highest BCUT2D eigenvalue weighted by Gasteiger charge is 2.31. The van der Waals surface area contributed by atoms with Gasteiger partial charge in [-0.05, 0) is 77.2 Å². The van der Waals surface area contributed by atoms with Crippen molar-refractivity contribution in [2.75, 3.05) is 0 Å². The summed E-state index contributed by atoms with van der Waals surface area (Å²) in [4.78, 5) is 5.41. The molecule has 236 valence electrons. The van der Waals surface area contributed by atoms with Gasteiger partial charge in [0.2, 0.25) is 6.17 Å². The Kier molecular flexibility index (Phi) is 6.63. The average Bonchev–Trinajstić information content (AvgIpc) is 3.53. The molecule has 2 unspecified atom stereocenters. The molecular formula is C45H37N4+. The summed E-state index contributed by atoms with van der Waals surface area (Å²) in [5.74, 6) is 0.949. The fraction of sp³-hybridized carbons (Fsp3) is 0.133. The molecule has 7 aromatic rings. The van der Waals surface area contributed by atoms with E-state index in [0.717, 1.165) is 37.1 Å². The summed E-state index contributed by atoms with van der Waals surface area (Å²) in [7, 11) is 0. The van der Waals surface area contributed by atoms with Crippen molar-refractivity contribution < 1.29 is 5.32 Å². The molecule has 4 heteroatoms. The summed E-state index contributed by atoms with van der Waals surface area (Å²) in [6.45, 7) is 0. The number of aromatic nitrogens is 1. The Morgan fingerprint density at radius 3 is 2.35 bits per heavy atom. The number of benzene rings is 6. The van der Waals surface area contributed by atoms with Crippen molar-refractivity contribution in [2.45, 2.75) is 38.0 Å². The normalized spacial score (nSPS) is 18.9. The number of allylic oxidation sites excluding steroid dienone is 4. The third-order valence-corrected chi connectivity index (χ3v) is 10.7. The summed E-state index contributed by atoms with van der Waals surface area (Å²) >= 11 is 0. The Hall–Kier alpha value is -5.71. The lowest BCUT2D eigenvalue weighted by atomic mass is 9.92. The summed E-state index contributed by atoms with van der Waals surface area (Å²) in [6, 6.07) is 42.4. The van der Waals surface area contributed by atoms with Crippen LogP contribution in [0.25, 0.3) is 55.1 Å². The van der Waals surface area contributed by atoms with Crippen LogP contribution in [0.3, 0.4) is 0 Å². The van der Waals surface area contributed by atoms with E-state index >= 15 is 0 Å². The molecule has 10 rings (SSSR count). The number of quaternary nitrogens is 1. The zero-order chi connectivity index (χ0) is 32.3. The lowest BCUT2D eigenvalue weighted by Crippen LogP contribution is -2.96. The summed E-state index contributed by atoms with van der Waals surface area (Å²) in [5, 5.41) is 13.9. The predicted octanol–water partition coefficient (Wildman–Crippen LogP) is 9.26. The Balaban J connectivity index is 1.24. The van der Waals surface area contributed by atoms with Crippen LogP contribution in [0.15, 0.2) is 150 Å². The highest BCUT2D eigenvalue weighted by Crippen LogP contribution is 2.42. The second-order valence-corrected chi connectivity index (χ2v) is 13.6. The van der Waals surface area contributed by atoms with Gasteiger partial charge >= 0.3 is 0 Å². The number of hydrogen-bond acceptors (Lipinski definition) is 2. The number of nitrogens with two attached hydrogens (primary N) is 1. The first-order valence-corrected chi connectivity index (χ1v) is 17.6. The van der Waals surface area contributed by atoms with Crippen LogP contribution in [0.2, 0.25) is 0 Å². The largest absolute Gasteiger partial charge is 0.317 e. The molecule has 0 amide bonds. The van der Waals surface area contributed by atoms with Crippen LogP contribution >= 0.6 is 0 Å². The summed E-state index contributed by atoms with van der Waals surface area (Å²) < 4.78 is 2.53. The van der Waals surface area contributed by atoms with E-state index in [1.54, 1.807) is 0 Å². The molecule has 4 nitrogen and oxygen atoms in total. The van der Waals surface area contributed by atoms with E-state index in [2.05, 4.69) is 161 Å². The molecule has 0 saturated heterocycles. The van der Waals surface area contributed by atoms with Gasteiger partial charge in [0.1, 0.15) is 5.84 Å². The molecule has 0 saturated carbocycles. The minimum Gasteiger partial charge on any atom is -0.317 e. The topological polar surface area (TPSA) is 45.9 Å². The van der Waals surface area contributed by atoms with Crippen molar-refractivity contribution in [3.63, 3.8) is 0 Å². The van der Waals surface area contributed by atoms with Crippen molar-refractivity contribution in [1.82, 2.24) is 9.88 Å². The average molecular weight is 634 g/mol. The molecule has 6 aromatic carbocycles. The van der Waals surface area contributed by atoms with Gasteiger partial charge in [-0.2, -0.15) is 0 Å². The Bertz CT molecular complexity index is 2570. The van der Waals surface area contributed by atoms with Gasteiger partial charge in [-0.25, -0.2) is 4.99 Å². The number of hydrogen-bond donors (Lipinski definition) is 2. The van der Waals surface area contributed by atoms with Gasteiger partial charge in [0.25, 0.3) is 0 Å². The highest BCUT2D eigenvalue weighted by atomic mass is 15.3. The number of fused-ring (bicyclic) bond motifs is 8. The Morgan fingerprint density at radius 2 is 1.47 bits per heavy atom. The molecule has 2 heterocycles. The standard InChI is InChI=1S/C45H36N4/c1-3-15-31(16-4-1)43-46-44(32-17-5-2-6-18-32)48-45(47-43)34-27-33-19-9-10-20-35(33)40(28-34)49-38-25-23-29-13-7-11-21-36(29)41(38)42-37-22-12-8-14-30(37)24-26-39(42)49/h1-5,7,9-13,15-17,19-28,44-45,48H,6,8,14,18H2,(H,46,47)/p+1. The molecular weight excluding hydrogens is 597 g/mol. The monoisotopic (exact) mass is 633 g/mol. The van der Waals surface area contributed by atoms with E-state index in [0.29, 0.717) is 0 Å². The van der Waals surface area contributed by atoms with Gasteiger partial charge in [0, 0.05) is 32.9 Å². The zero-order valence-corrected chi connectivity index (χ0v) is 27.3. The maximum Gasteiger partial charge on any atom is 0.209 e. The second kappa shape index (κ2) is 11.5. The van der Waals surface area contributed by atoms with Gasteiger partial charge in [0.05, 0.1) is 16.7 Å². The van der Waals surface area contributed by atoms with E-state index < -0.39 is 0 Å². The van der Waals surface area contributed by atoms with Crippen molar-refractivity contribution in [3.8, 4) is 5.69 Å². The number of nitrogens with one attached hydrogen (secondary N) is 1. The van der Waals surface area contributed by atoms with Crippen molar-refractivity contribution >= 4 is 55.3 Å². The number of aliphatic imine (C=N–C) groups is 1. The lowest BCUT2D eigenvalue weighted by molar-refractivity contribution is -0.725. The molecule has 49 heavy (non-hydrogen) atoms. The van der Waals surface area contributed by atoms with Crippen molar-refractivity contribution in [3.05, 3.63) is 167 Å². The van der Waals surface area contributed by atoms with Crippen LogP contribution in [0.1, 0.15) is 47.7 Å². The van der Waals surface area contributed by atoms with Crippen LogP contribution in [-0.4, -0.2) is 16.6 Å². The van der Waals surface area contributed by atoms with Gasteiger partial charge in [0.15, 0.2) is 6.17 Å². The first-order valence-electron chi connectivity index (χ1n) is 17.6. The number of aryl methyl sites for hydroxylation is 1.